The Kier molecular flexibility index (Phi) is 8.57. The number of rotatable bonds is 3. The van der Waals surface area contributed by atoms with Crippen molar-refractivity contribution in [3.63, 3.8) is 0 Å². The number of aliphatic hydroxyl groups is 1. The van der Waals surface area contributed by atoms with Gasteiger partial charge in [-0.05, 0) is 47.6 Å². The molecule has 0 rings (SSSR count). The fourth-order valence-electron chi connectivity index (χ4n) is 0.256. The van der Waals surface area contributed by atoms with Gasteiger partial charge in [0.2, 0.25) is 0 Å². The SMILES string of the molecule is C=C(C)N=C/C=C\C.CC(C)(O)C(C)(C)S. The molecule has 94 valence electrons. The van der Waals surface area contributed by atoms with Gasteiger partial charge in [0, 0.05) is 16.7 Å². The second kappa shape index (κ2) is 7.69. The first-order chi connectivity index (χ1) is 7.02. The molecule has 3 heteroatoms. The zero-order chi connectivity index (χ0) is 13.4. The van der Waals surface area contributed by atoms with Gasteiger partial charge in [-0.3, -0.25) is 4.99 Å². The minimum absolute atomic E-state index is 0.312. The third-order valence-corrected chi connectivity index (χ3v) is 2.62. The third kappa shape index (κ3) is 11.5. The fraction of sp³-hybridized carbons (Fsp3) is 0.615. The molecule has 0 saturated heterocycles. The first kappa shape index (κ1) is 17.8. The van der Waals surface area contributed by atoms with E-state index in [0.717, 1.165) is 5.70 Å². The van der Waals surface area contributed by atoms with Crippen molar-refractivity contribution in [2.45, 2.75) is 51.9 Å². The van der Waals surface area contributed by atoms with Crippen molar-refractivity contribution in [1.29, 1.82) is 0 Å². The van der Waals surface area contributed by atoms with Crippen LogP contribution in [0, 0.1) is 0 Å². The normalized spacial score (nSPS) is 12.8. The summed E-state index contributed by atoms with van der Waals surface area (Å²) >= 11 is 4.19. The van der Waals surface area contributed by atoms with Gasteiger partial charge in [-0.15, -0.1) is 0 Å². The van der Waals surface area contributed by atoms with E-state index in [1.807, 2.05) is 39.8 Å². The fourth-order valence-corrected chi connectivity index (χ4v) is 0.256. The van der Waals surface area contributed by atoms with Crippen LogP contribution in [0.1, 0.15) is 41.5 Å². The van der Waals surface area contributed by atoms with E-state index in [1.165, 1.54) is 0 Å². The summed E-state index contributed by atoms with van der Waals surface area (Å²) in [6.07, 6.45) is 5.52. The van der Waals surface area contributed by atoms with Crippen LogP contribution in [0.25, 0.3) is 0 Å². The van der Waals surface area contributed by atoms with Crippen molar-refractivity contribution >= 4 is 18.8 Å². The molecule has 1 N–H and O–H groups in total. The number of nitrogens with zero attached hydrogens (tertiary/aromatic N) is 1. The van der Waals surface area contributed by atoms with Crippen molar-refractivity contribution in [1.82, 2.24) is 0 Å². The van der Waals surface area contributed by atoms with Gasteiger partial charge >= 0.3 is 0 Å². The molecule has 2 nitrogen and oxygen atoms in total. The molecule has 0 unspecified atom stereocenters. The van der Waals surface area contributed by atoms with Crippen LogP contribution in [0.15, 0.2) is 29.4 Å². The zero-order valence-corrected chi connectivity index (χ0v) is 12.2. The molecule has 0 spiro atoms. The van der Waals surface area contributed by atoms with E-state index in [0.29, 0.717) is 0 Å². The number of thiol groups is 1. The molecule has 0 aliphatic rings. The van der Waals surface area contributed by atoms with Crippen LogP contribution >= 0.6 is 12.6 Å². The van der Waals surface area contributed by atoms with E-state index in [9.17, 15) is 5.11 Å². The molecule has 0 saturated carbocycles. The minimum Gasteiger partial charge on any atom is -0.389 e. The Balaban J connectivity index is 0. The van der Waals surface area contributed by atoms with Gasteiger partial charge in [0.15, 0.2) is 0 Å². The topological polar surface area (TPSA) is 32.6 Å². The van der Waals surface area contributed by atoms with Crippen LogP contribution in [0.4, 0.5) is 0 Å². The van der Waals surface area contributed by atoms with E-state index >= 15 is 0 Å². The van der Waals surface area contributed by atoms with Crippen molar-refractivity contribution in [3.8, 4) is 0 Å². The Morgan fingerprint density at radius 2 is 1.69 bits per heavy atom. The molecule has 0 fully saturated rings. The lowest BCUT2D eigenvalue weighted by Gasteiger charge is -2.32. The standard InChI is InChI=1S/C7H11N.C6H14OS/c1-4-5-6-8-7(2)3;1-5(2,7)6(3,4)8/h4-6H,2H2,1,3H3;7-8H,1-4H3/b5-4-,8-6?;. The van der Waals surface area contributed by atoms with Crippen LogP contribution in [0.2, 0.25) is 0 Å². The monoisotopic (exact) mass is 243 g/mol. The summed E-state index contributed by atoms with van der Waals surface area (Å²) in [5, 5.41) is 9.28. The van der Waals surface area contributed by atoms with Gasteiger partial charge in [-0.1, -0.05) is 12.7 Å². The van der Waals surface area contributed by atoms with Crippen LogP contribution < -0.4 is 0 Å². The molecule has 0 amide bonds. The molecule has 0 atom stereocenters. The van der Waals surface area contributed by atoms with Gasteiger partial charge in [-0.25, -0.2) is 0 Å². The highest BCUT2D eigenvalue weighted by Crippen LogP contribution is 2.26. The van der Waals surface area contributed by atoms with Crippen LogP contribution in [0.3, 0.4) is 0 Å². The van der Waals surface area contributed by atoms with Crippen molar-refractivity contribution < 1.29 is 5.11 Å². The molecule has 0 aliphatic carbocycles. The Morgan fingerprint density at radius 3 is 1.88 bits per heavy atom. The van der Waals surface area contributed by atoms with E-state index < -0.39 is 5.60 Å². The Hall–Kier alpha value is -0.540. The van der Waals surface area contributed by atoms with E-state index in [1.54, 1.807) is 20.1 Å². The molecular weight excluding hydrogens is 218 g/mol. The van der Waals surface area contributed by atoms with Gasteiger partial charge in [0.1, 0.15) is 0 Å². The maximum Gasteiger partial charge on any atom is 0.0729 e. The summed E-state index contributed by atoms with van der Waals surface area (Å²) in [7, 11) is 0. The second-order valence-electron chi connectivity index (χ2n) is 4.66. The van der Waals surface area contributed by atoms with Gasteiger partial charge in [0.05, 0.1) is 5.60 Å². The summed E-state index contributed by atoms with van der Waals surface area (Å²) < 4.78 is -0.312. The lowest BCUT2D eigenvalue weighted by Crippen LogP contribution is -2.40. The quantitative estimate of drug-likeness (QED) is 0.576. The first-order valence-corrected chi connectivity index (χ1v) is 5.72. The molecule has 0 radical (unpaired) electrons. The number of hydrogen-bond donors (Lipinski definition) is 2. The Bertz CT molecular complexity index is 242. The van der Waals surface area contributed by atoms with Crippen molar-refractivity contribution in [2.75, 3.05) is 0 Å². The van der Waals surface area contributed by atoms with Crippen LogP contribution in [-0.2, 0) is 0 Å². The largest absolute Gasteiger partial charge is 0.389 e. The summed E-state index contributed by atoms with van der Waals surface area (Å²) in [4.78, 5) is 3.91. The van der Waals surface area contributed by atoms with Crippen molar-refractivity contribution in [3.05, 3.63) is 24.4 Å². The van der Waals surface area contributed by atoms with Crippen LogP contribution in [0.5, 0.6) is 0 Å². The summed E-state index contributed by atoms with van der Waals surface area (Å²) in [6, 6.07) is 0. The molecule has 0 aromatic carbocycles. The van der Waals surface area contributed by atoms with E-state index in [2.05, 4.69) is 24.2 Å². The van der Waals surface area contributed by atoms with E-state index in [-0.39, 0.29) is 4.75 Å². The molecule has 0 aromatic heterocycles. The average Bonchev–Trinajstić information content (AvgIpc) is 2.01. The predicted molar refractivity (Wildman–Crippen MR) is 77.5 cm³/mol. The first-order valence-electron chi connectivity index (χ1n) is 5.28. The number of allylic oxidation sites excluding steroid dienone is 3. The molecule has 0 aromatic rings. The highest BCUT2D eigenvalue weighted by molar-refractivity contribution is 7.81. The third-order valence-electron chi connectivity index (χ3n) is 2.07. The molecule has 16 heavy (non-hydrogen) atoms. The van der Waals surface area contributed by atoms with Gasteiger partial charge in [-0.2, -0.15) is 12.6 Å². The Morgan fingerprint density at radius 1 is 1.31 bits per heavy atom. The Labute approximate surface area is 106 Å². The maximum atomic E-state index is 9.28. The predicted octanol–water partition coefficient (Wildman–Crippen LogP) is 3.63. The summed E-state index contributed by atoms with van der Waals surface area (Å²) in [5.41, 5.74) is 0.138. The molecule has 0 aliphatic heterocycles. The smallest absolute Gasteiger partial charge is 0.0729 e. The van der Waals surface area contributed by atoms with Gasteiger partial charge < -0.3 is 5.11 Å². The number of hydrogen-bond acceptors (Lipinski definition) is 3. The highest BCUT2D eigenvalue weighted by Gasteiger charge is 2.30. The summed E-state index contributed by atoms with van der Waals surface area (Å²) in [5.74, 6) is 0. The van der Waals surface area contributed by atoms with Crippen LogP contribution in [-0.4, -0.2) is 21.7 Å². The average molecular weight is 243 g/mol. The lowest BCUT2D eigenvalue weighted by molar-refractivity contribution is 0.0500. The highest BCUT2D eigenvalue weighted by atomic mass is 32.1. The lowest BCUT2D eigenvalue weighted by atomic mass is 9.94. The molecule has 0 bridgehead atoms. The van der Waals surface area contributed by atoms with Crippen molar-refractivity contribution in [2.24, 2.45) is 4.99 Å². The molecular formula is C13H25NOS. The maximum absolute atomic E-state index is 9.28. The minimum atomic E-state index is -0.698. The zero-order valence-electron chi connectivity index (χ0n) is 11.3. The second-order valence-corrected chi connectivity index (χ2v) is 5.78. The summed E-state index contributed by atoms with van der Waals surface area (Å²) in [6.45, 7) is 14.7. The van der Waals surface area contributed by atoms with E-state index in [4.69, 9.17) is 0 Å². The number of aliphatic imine (C=N–C) groups is 1. The molecule has 0 heterocycles. The van der Waals surface area contributed by atoms with Gasteiger partial charge in [0.25, 0.3) is 0 Å².